The molecule has 106 valence electrons. The lowest BCUT2D eigenvalue weighted by molar-refractivity contribution is 0.0593. The zero-order valence-electron chi connectivity index (χ0n) is 11.1. The van der Waals surface area contributed by atoms with Crippen LogP contribution < -0.4 is 0 Å². The van der Waals surface area contributed by atoms with Crippen molar-refractivity contribution in [2.24, 2.45) is 0 Å². The van der Waals surface area contributed by atoms with Gasteiger partial charge in [-0.05, 0) is 18.8 Å². The highest BCUT2D eigenvalue weighted by Gasteiger charge is 2.00. The van der Waals surface area contributed by atoms with Crippen LogP contribution >= 0.6 is 0 Å². The smallest absolute Gasteiger partial charge is 0.103 e. The lowest BCUT2D eigenvalue weighted by Crippen LogP contribution is -2.21. The number of ether oxygens (including phenoxy) is 2. The van der Waals surface area contributed by atoms with Crippen molar-refractivity contribution in [3.63, 3.8) is 0 Å². The summed E-state index contributed by atoms with van der Waals surface area (Å²) in [7, 11) is 1.68. The van der Waals surface area contributed by atoms with E-state index in [4.69, 9.17) is 9.47 Å². The van der Waals surface area contributed by atoms with E-state index < -0.39 is 0 Å². The van der Waals surface area contributed by atoms with Gasteiger partial charge in [0, 0.05) is 26.4 Å². The quantitative estimate of drug-likeness (QED) is 0.610. The van der Waals surface area contributed by atoms with Gasteiger partial charge in [-0.1, -0.05) is 5.21 Å². The molecule has 0 radical (unpaired) electrons. The van der Waals surface area contributed by atoms with Crippen LogP contribution in [0.15, 0.2) is 24.8 Å². The first-order valence-corrected chi connectivity index (χ1v) is 6.22. The van der Waals surface area contributed by atoms with Crippen LogP contribution in [0, 0.1) is 0 Å². The van der Waals surface area contributed by atoms with E-state index >= 15 is 0 Å². The summed E-state index contributed by atoms with van der Waals surface area (Å²) in [5, 5.41) is 11.2. The Morgan fingerprint density at radius 3 is 2.84 bits per heavy atom. The third kappa shape index (κ3) is 4.86. The molecule has 0 unspecified atom stereocenters. The maximum absolute atomic E-state index is 5.53. The van der Waals surface area contributed by atoms with E-state index in [0.29, 0.717) is 19.9 Å². The van der Waals surface area contributed by atoms with Gasteiger partial charge in [0.1, 0.15) is 6.73 Å². The van der Waals surface area contributed by atoms with Crippen LogP contribution in [0.2, 0.25) is 0 Å². The SMILES string of the molecule is COCCN1C=CN(COCCCn2ccnn2)[N-]1. The number of nitrogens with zero attached hydrogens (tertiary/aromatic N) is 6. The van der Waals surface area contributed by atoms with Crippen LogP contribution in [0.4, 0.5) is 0 Å². The van der Waals surface area contributed by atoms with E-state index in [1.54, 1.807) is 23.0 Å². The maximum Gasteiger partial charge on any atom is 0.103 e. The minimum atomic E-state index is 0.456. The van der Waals surface area contributed by atoms with Crippen molar-refractivity contribution in [2.45, 2.75) is 13.0 Å². The second kappa shape index (κ2) is 7.72. The van der Waals surface area contributed by atoms with Gasteiger partial charge in [0.25, 0.3) is 0 Å². The summed E-state index contributed by atoms with van der Waals surface area (Å²) in [6.45, 7) is 3.33. The molecular formula is C11H19N6O2-. The summed E-state index contributed by atoms with van der Waals surface area (Å²) >= 11 is 0. The molecule has 1 aromatic rings. The van der Waals surface area contributed by atoms with Crippen molar-refractivity contribution in [2.75, 3.05) is 33.6 Å². The summed E-state index contributed by atoms with van der Waals surface area (Å²) in [6.07, 6.45) is 8.19. The van der Waals surface area contributed by atoms with Gasteiger partial charge in [-0.15, -0.1) is 5.10 Å². The van der Waals surface area contributed by atoms with Crippen LogP contribution in [-0.4, -0.2) is 58.6 Å². The summed E-state index contributed by atoms with van der Waals surface area (Å²) in [6, 6.07) is 0. The highest BCUT2D eigenvalue weighted by atomic mass is 16.5. The van der Waals surface area contributed by atoms with Gasteiger partial charge in [0.2, 0.25) is 0 Å². The number of aromatic nitrogens is 3. The monoisotopic (exact) mass is 267 g/mol. The van der Waals surface area contributed by atoms with Gasteiger partial charge in [-0.25, -0.2) is 0 Å². The molecule has 1 aromatic heterocycles. The Hall–Kier alpha value is -1.64. The Balaban J connectivity index is 1.49. The summed E-state index contributed by atoms with van der Waals surface area (Å²) in [4.78, 5) is 0. The van der Waals surface area contributed by atoms with Crippen LogP contribution in [0.5, 0.6) is 0 Å². The molecule has 1 aliphatic heterocycles. The predicted octanol–water partition coefficient (Wildman–Crippen LogP) is 0.581. The molecule has 0 aromatic carbocycles. The average molecular weight is 267 g/mol. The van der Waals surface area contributed by atoms with E-state index in [9.17, 15) is 0 Å². The standard InChI is InChI=1S/C11H19N6O2/c1-18-10-8-16-6-7-17(14-16)11-19-9-2-4-15-5-3-12-13-15/h3,5-7H,2,4,8-11H2,1H3/q-1. The van der Waals surface area contributed by atoms with E-state index in [2.05, 4.69) is 15.8 Å². The normalized spacial score (nSPS) is 14.6. The van der Waals surface area contributed by atoms with Crippen molar-refractivity contribution < 1.29 is 9.47 Å². The van der Waals surface area contributed by atoms with Crippen LogP contribution in [-0.2, 0) is 16.0 Å². The Labute approximate surface area is 112 Å². The summed E-state index contributed by atoms with van der Waals surface area (Å²) in [5.74, 6) is 0. The molecule has 19 heavy (non-hydrogen) atoms. The van der Waals surface area contributed by atoms with Crippen LogP contribution in [0.1, 0.15) is 6.42 Å². The van der Waals surface area contributed by atoms with Crippen molar-refractivity contribution in [1.29, 1.82) is 0 Å². The first kappa shape index (κ1) is 13.8. The first-order chi connectivity index (χ1) is 9.38. The number of hydrogen-bond donors (Lipinski definition) is 0. The summed E-state index contributed by atoms with van der Waals surface area (Å²) < 4.78 is 12.3. The molecule has 2 rings (SSSR count). The lowest BCUT2D eigenvalue weighted by atomic mass is 10.4. The van der Waals surface area contributed by atoms with Gasteiger partial charge in [0.05, 0.1) is 19.4 Å². The fourth-order valence-electron chi connectivity index (χ4n) is 1.57. The molecule has 2 heterocycles. The number of aryl methyl sites for hydroxylation is 1. The Kier molecular flexibility index (Phi) is 5.60. The van der Waals surface area contributed by atoms with E-state index in [1.807, 2.05) is 23.6 Å². The highest BCUT2D eigenvalue weighted by molar-refractivity contribution is 4.97. The Bertz CT molecular complexity index is 369. The van der Waals surface area contributed by atoms with Crippen molar-refractivity contribution >= 4 is 0 Å². The molecule has 0 spiro atoms. The lowest BCUT2D eigenvalue weighted by Gasteiger charge is -2.37. The molecule has 0 amide bonds. The fourth-order valence-corrected chi connectivity index (χ4v) is 1.57. The van der Waals surface area contributed by atoms with Gasteiger partial charge < -0.3 is 25.0 Å². The van der Waals surface area contributed by atoms with Crippen LogP contribution in [0.3, 0.4) is 0 Å². The Morgan fingerprint density at radius 2 is 2.05 bits per heavy atom. The molecule has 0 saturated heterocycles. The van der Waals surface area contributed by atoms with Gasteiger partial charge in [-0.2, -0.15) is 0 Å². The molecule has 1 aliphatic rings. The third-order valence-corrected chi connectivity index (χ3v) is 2.54. The minimum absolute atomic E-state index is 0.456. The second-order valence-corrected chi connectivity index (χ2v) is 4.04. The first-order valence-electron chi connectivity index (χ1n) is 6.22. The molecule has 0 N–H and O–H groups in total. The number of rotatable bonds is 9. The van der Waals surface area contributed by atoms with E-state index in [0.717, 1.165) is 19.5 Å². The minimum Gasteiger partial charge on any atom is -0.473 e. The zero-order chi connectivity index (χ0) is 13.3. The largest absolute Gasteiger partial charge is 0.473 e. The average Bonchev–Trinajstić information content (AvgIpc) is 3.07. The van der Waals surface area contributed by atoms with Crippen molar-refractivity contribution in [1.82, 2.24) is 25.0 Å². The second-order valence-electron chi connectivity index (χ2n) is 4.04. The summed E-state index contributed by atoms with van der Waals surface area (Å²) in [5.41, 5.74) is 4.30. The highest BCUT2D eigenvalue weighted by Crippen LogP contribution is 2.14. The molecule has 0 atom stereocenters. The molecule has 8 nitrogen and oxygen atoms in total. The van der Waals surface area contributed by atoms with Crippen LogP contribution in [0.25, 0.3) is 5.53 Å². The van der Waals surface area contributed by atoms with Gasteiger partial charge in [-0.3, -0.25) is 4.68 Å². The van der Waals surface area contributed by atoms with E-state index in [-0.39, 0.29) is 0 Å². The molecule has 0 saturated carbocycles. The molecule has 0 fully saturated rings. The Morgan fingerprint density at radius 1 is 1.16 bits per heavy atom. The molecule has 8 heteroatoms. The maximum atomic E-state index is 5.53. The van der Waals surface area contributed by atoms with Gasteiger partial charge in [0.15, 0.2) is 0 Å². The third-order valence-electron chi connectivity index (χ3n) is 2.54. The van der Waals surface area contributed by atoms with Crippen molar-refractivity contribution in [3.8, 4) is 0 Å². The fraction of sp³-hybridized carbons (Fsp3) is 0.636. The molecule has 0 bridgehead atoms. The van der Waals surface area contributed by atoms with E-state index in [1.165, 1.54) is 0 Å². The molecule has 0 aliphatic carbocycles. The number of hydrogen-bond acceptors (Lipinski definition) is 6. The number of methoxy groups -OCH3 is 1. The zero-order valence-corrected chi connectivity index (χ0v) is 11.1. The topological polar surface area (TPSA) is 69.8 Å². The molecular weight excluding hydrogens is 248 g/mol. The van der Waals surface area contributed by atoms with Crippen molar-refractivity contribution in [3.05, 3.63) is 30.3 Å². The predicted molar refractivity (Wildman–Crippen MR) is 68.4 cm³/mol. The van der Waals surface area contributed by atoms with Gasteiger partial charge >= 0.3 is 0 Å².